The van der Waals surface area contributed by atoms with Crippen LogP contribution in [0.3, 0.4) is 0 Å². The van der Waals surface area contributed by atoms with Crippen molar-refractivity contribution in [2.24, 2.45) is 0 Å². The van der Waals surface area contributed by atoms with E-state index in [1.807, 2.05) is 84.9 Å². The molecule has 3 aliphatic rings. The van der Waals surface area contributed by atoms with E-state index in [9.17, 15) is 15.8 Å². The van der Waals surface area contributed by atoms with Crippen molar-refractivity contribution in [3.8, 4) is 62.7 Å². The Morgan fingerprint density at radius 3 is 1.18 bits per heavy atom. The van der Waals surface area contributed by atoms with Crippen molar-refractivity contribution in [1.29, 1.82) is 15.8 Å². The summed E-state index contributed by atoms with van der Waals surface area (Å²) in [6.45, 7) is 0. The second-order valence-corrected chi connectivity index (χ2v) is 12.8. The summed E-state index contributed by atoms with van der Waals surface area (Å²) in [6, 6.07) is 58.8. The van der Waals surface area contributed by atoms with Crippen LogP contribution in [0.2, 0.25) is 0 Å². The van der Waals surface area contributed by atoms with Crippen molar-refractivity contribution >= 4 is 0 Å². The van der Waals surface area contributed by atoms with Gasteiger partial charge < -0.3 is 0 Å². The molecule has 0 aromatic heterocycles. The first-order chi connectivity index (χ1) is 24.7. The van der Waals surface area contributed by atoms with Gasteiger partial charge in [-0.1, -0.05) is 133 Å². The Hall–Kier alpha value is -6.99. The van der Waals surface area contributed by atoms with E-state index in [1.54, 1.807) is 0 Å². The minimum Gasteiger partial charge on any atom is -0.192 e. The fourth-order valence-corrected chi connectivity index (χ4v) is 8.46. The summed E-state index contributed by atoms with van der Waals surface area (Å²) in [5.41, 5.74) is 15.7. The number of nitriles is 3. The molecule has 0 saturated heterocycles. The molecule has 0 unspecified atom stereocenters. The van der Waals surface area contributed by atoms with Crippen LogP contribution in [0.15, 0.2) is 152 Å². The zero-order valence-electron chi connectivity index (χ0n) is 26.9. The predicted octanol–water partition coefficient (Wildman–Crippen LogP) is 11.0. The molecule has 0 N–H and O–H groups in total. The molecule has 0 radical (unpaired) electrons. The van der Waals surface area contributed by atoms with Gasteiger partial charge in [-0.3, -0.25) is 0 Å². The third kappa shape index (κ3) is 4.20. The lowest BCUT2D eigenvalue weighted by atomic mass is 9.56. The Morgan fingerprint density at radius 1 is 0.360 bits per heavy atom. The van der Waals surface area contributed by atoms with Gasteiger partial charge in [0.2, 0.25) is 0 Å². The molecule has 3 nitrogen and oxygen atoms in total. The molecule has 0 amide bonds. The van der Waals surface area contributed by atoms with Gasteiger partial charge in [-0.2, -0.15) is 15.8 Å². The standard InChI is InChI=1S/C47H27N3/c48-26-33-22-13-23-34-43(33)44-37-24-35(29-14-5-1-6-15-29)39(27-49)41(31-18-9-3-10-19-31)46(37)45(34)47-38(44)25-36(30-16-7-2-8-17-30)40(28-50)42(47)32-20-11-4-12-21-32/h1-25,44-45H. The van der Waals surface area contributed by atoms with Crippen LogP contribution in [0.25, 0.3) is 44.5 Å². The average molecular weight is 634 g/mol. The molecule has 2 bridgehead atoms. The Bertz CT molecular complexity index is 2450. The monoisotopic (exact) mass is 633 g/mol. The molecule has 10 rings (SSSR count). The summed E-state index contributed by atoms with van der Waals surface area (Å²) in [5, 5.41) is 32.6. The molecule has 3 heteroatoms. The van der Waals surface area contributed by atoms with E-state index >= 15 is 0 Å². The highest BCUT2D eigenvalue weighted by Gasteiger charge is 2.47. The van der Waals surface area contributed by atoms with E-state index in [0.29, 0.717) is 16.7 Å². The molecule has 0 spiro atoms. The lowest BCUT2D eigenvalue weighted by Crippen LogP contribution is -2.30. The molecular weight excluding hydrogens is 607 g/mol. The number of rotatable bonds is 4. The van der Waals surface area contributed by atoms with Gasteiger partial charge in [0.25, 0.3) is 0 Å². The van der Waals surface area contributed by atoms with Gasteiger partial charge >= 0.3 is 0 Å². The average Bonchev–Trinajstić information content (AvgIpc) is 3.20. The van der Waals surface area contributed by atoms with Gasteiger partial charge in [-0.15, -0.1) is 0 Å². The van der Waals surface area contributed by atoms with Gasteiger partial charge in [-0.05, 0) is 73.8 Å². The number of hydrogen-bond acceptors (Lipinski definition) is 3. The van der Waals surface area contributed by atoms with Gasteiger partial charge in [0.15, 0.2) is 0 Å². The molecule has 0 fully saturated rings. The maximum atomic E-state index is 11.0. The molecule has 7 aromatic rings. The first kappa shape index (κ1) is 29.2. The molecular formula is C47H27N3. The van der Waals surface area contributed by atoms with Crippen molar-refractivity contribution in [3.63, 3.8) is 0 Å². The third-order valence-corrected chi connectivity index (χ3v) is 10.4. The minimum absolute atomic E-state index is 0.300. The Balaban J connectivity index is 1.50. The zero-order valence-corrected chi connectivity index (χ0v) is 26.9. The van der Waals surface area contributed by atoms with Gasteiger partial charge in [0, 0.05) is 34.1 Å². The van der Waals surface area contributed by atoms with Crippen LogP contribution in [0.1, 0.15) is 61.9 Å². The SMILES string of the molecule is N#Cc1cccc2c1C1c3cc(-c4ccccc4)c(C#N)c(-c4ccccc4)c3C2c2c1cc(-c1ccccc1)c(C#N)c2-c1ccccc1. The Kier molecular flexibility index (Phi) is 6.77. The molecule has 50 heavy (non-hydrogen) atoms. The Labute approximate surface area is 291 Å². The van der Waals surface area contributed by atoms with Gasteiger partial charge in [0.05, 0.1) is 22.8 Å². The highest BCUT2D eigenvalue weighted by molar-refractivity contribution is 5.94. The van der Waals surface area contributed by atoms with Crippen LogP contribution < -0.4 is 0 Å². The summed E-state index contributed by atoms with van der Waals surface area (Å²) in [7, 11) is 0. The van der Waals surface area contributed by atoms with Crippen molar-refractivity contribution in [3.05, 3.63) is 202 Å². The van der Waals surface area contributed by atoms with E-state index in [0.717, 1.165) is 77.9 Å². The fourth-order valence-electron chi connectivity index (χ4n) is 8.46. The maximum absolute atomic E-state index is 11.0. The number of benzene rings is 7. The second kappa shape index (κ2) is 11.6. The highest BCUT2D eigenvalue weighted by atomic mass is 14.5. The number of nitrogens with zero attached hydrogens (tertiary/aromatic N) is 3. The van der Waals surface area contributed by atoms with Crippen molar-refractivity contribution in [2.45, 2.75) is 11.8 Å². The maximum Gasteiger partial charge on any atom is 0.100 e. The smallest absolute Gasteiger partial charge is 0.100 e. The van der Waals surface area contributed by atoms with Crippen LogP contribution in [0.4, 0.5) is 0 Å². The largest absolute Gasteiger partial charge is 0.192 e. The summed E-state index contributed by atoms with van der Waals surface area (Å²) in [6.07, 6.45) is 0. The lowest BCUT2D eigenvalue weighted by molar-refractivity contribution is 0.755. The summed E-state index contributed by atoms with van der Waals surface area (Å²) in [5.74, 6) is -0.626. The van der Waals surface area contributed by atoms with E-state index in [2.05, 4.69) is 84.9 Å². The molecule has 0 heterocycles. The molecule has 3 aliphatic carbocycles. The van der Waals surface area contributed by atoms with Crippen LogP contribution >= 0.6 is 0 Å². The molecule has 0 saturated carbocycles. The number of hydrogen-bond donors (Lipinski definition) is 0. The molecule has 0 aliphatic heterocycles. The first-order valence-electron chi connectivity index (χ1n) is 16.7. The van der Waals surface area contributed by atoms with Crippen LogP contribution in [-0.4, -0.2) is 0 Å². The van der Waals surface area contributed by atoms with Crippen molar-refractivity contribution in [1.82, 2.24) is 0 Å². The van der Waals surface area contributed by atoms with Crippen molar-refractivity contribution < 1.29 is 0 Å². The molecule has 230 valence electrons. The zero-order chi connectivity index (χ0) is 33.8. The van der Waals surface area contributed by atoms with E-state index < -0.39 is 0 Å². The second-order valence-electron chi connectivity index (χ2n) is 12.8. The summed E-state index contributed by atoms with van der Waals surface area (Å²) < 4.78 is 0. The topological polar surface area (TPSA) is 71.4 Å². The van der Waals surface area contributed by atoms with E-state index in [-0.39, 0.29) is 11.8 Å². The predicted molar refractivity (Wildman–Crippen MR) is 197 cm³/mol. The first-order valence-corrected chi connectivity index (χ1v) is 16.7. The quantitative estimate of drug-likeness (QED) is 0.194. The summed E-state index contributed by atoms with van der Waals surface area (Å²) in [4.78, 5) is 0. The van der Waals surface area contributed by atoms with E-state index in [4.69, 9.17) is 0 Å². The Morgan fingerprint density at radius 2 is 0.780 bits per heavy atom. The van der Waals surface area contributed by atoms with Crippen LogP contribution in [-0.2, 0) is 0 Å². The molecule has 0 atom stereocenters. The fraction of sp³-hybridized carbons (Fsp3) is 0.0426. The van der Waals surface area contributed by atoms with Gasteiger partial charge in [0.1, 0.15) is 12.1 Å². The molecule has 7 aromatic carbocycles. The normalized spacial score (nSPS) is 14.7. The van der Waals surface area contributed by atoms with Crippen LogP contribution in [0.5, 0.6) is 0 Å². The van der Waals surface area contributed by atoms with E-state index in [1.165, 1.54) is 0 Å². The van der Waals surface area contributed by atoms with Crippen LogP contribution in [0, 0.1) is 34.0 Å². The highest BCUT2D eigenvalue weighted by Crippen LogP contribution is 2.62. The minimum atomic E-state index is -0.326. The van der Waals surface area contributed by atoms with Gasteiger partial charge in [-0.25, -0.2) is 0 Å². The third-order valence-electron chi connectivity index (χ3n) is 10.4. The van der Waals surface area contributed by atoms with Crippen molar-refractivity contribution in [2.75, 3.05) is 0 Å². The summed E-state index contributed by atoms with van der Waals surface area (Å²) >= 11 is 0. The lowest BCUT2D eigenvalue weighted by Gasteiger charge is -2.45.